The molecule has 6 nitrogen and oxygen atoms in total. The van der Waals surface area contributed by atoms with Gasteiger partial charge in [-0.1, -0.05) is 0 Å². The normalized spacial score (nSPS) is 22.1. The molecule has 0 N–H and O–H groups in total. The molecule has 0 spiro atoms. The Hall–Kier alpha value is -2.57. The maximum atomic E-state index is 13.5. The van der Waals surface area contributed by atoms with Crippen molar-refractivity contribution in [1.82, 2.24) is 9.80 Å². The molecule has 0 bridgehead atoms. The highest BCUT2D eigenvalue weighted by molar-refractivity contribution is 5.98. The third-order valence-electron chi connectivity index (χ3n) is 4.84. The number of nitrogens with zero attached hydrogens (tertiary/aromatic N) is 2. The molecule has 0 radical (unpaired) electrons. The Morgan fingerprint density at radius 2 is 2.00 bits per heavy atom. The summed E-state index contributed by atoms with van der Waals surface area (Å²) in [5.41, 5.74) is 0.466. The highest BCUT2D eigenvalue weighted by Gasteiger charge is 2.37. The largest absolute Gasteiger partial charge is 0.454 e. The van der Waals surface area contributed by atoms with Crippen molar-refractivity contribution in [2.24, 2.45) is 0 Å². The van der Waals surface area contributed by atoms with Crippen molar-refractivity contribution in [2.45, 2.75) is 25.3 Å². The number of carbonyl (C=O) groups is 2. The summed E-state index contributed by atoms with van der Waals surface area (Å²) in [5.74, 6) is 0.487. The molecule has 0 unspecified atom stereocenters. The number of carbonyl (C=O) groups excluding carboxylic acids is 2. The molecule has 3 aliphatic rings. The van der Waals surface area contributed by atoms with Crippen molar-refractivity contribution < 1.29 is 23.5 Å². The number of rotatable bonds is 2. The van der Waals surface area contributed by atoms with Gasteiger partial charge >= 0.3 is 0 Å². The molecule has 1 fully saturated rings. The number of amides is 2. The summed E-state index contributed by atoms with van der Waals surface area (Å²) in [6.45, 7) is 1.16. The van der Waals surface area contributed by atoms with Crippen molar-refractivity contribution in [3.05, 3.63) is 35.7 Å². The molecular formula is C18H19FN2O4. The lowest BCUT2D eigenvalue weighted by Crippen LogP contribution is -2.49. The van der Waals surface area contributed by atoms with E-state index in [1.54, 1.807) is 23.1 Å². The van der Waals surface area contributed by atoms with E-state index < -0.39 is 6.04 Å². The number of likely N-dealkylation sites (tertiary alicyclic amines) is 1. The van der Waals surface area contributed by atoms with Crippen LogP contribution in [-0.2, 0) is 4.79 Å². The summed E-state index contributed by atoms with van der Waals surface area (Å²) in [7, 11) is 0. The molecule has 7 heteroatoms. The van der Waals surface area contributed by atoms with Crippen LogP contribution in [0.4, 0.5) is 4.39 Å². The zero-order valence-electron chi connectivity index (χ0n) is 13.7. The molecule has 4 rings (SSSR count). The van der Waals surface area contributed by atoms with Gasteiger partial charge in [0, 0.05) is 18.7 Å². The number of ether oxygens (including phenoxy) is 2. The lowest BCUT2D eigenvalue weighted by molar-refractivity contribution is -0.135. The minimum atomic E-state index is -0.524. The summed E-state index contributed by atoms with van der Waals surface area (Å²) in [6.07, 6.45) is 3.39. The Kier molecular flexibility index (Phi) is 4.07. The lowest BCUT2D eigenvalue weighted by Gasteiger charge is -2.31. The second kappa shape index (κ2) is 6.38. The van der Waals surface area contributed by atoms with E-state index in [4.69, 9.17) is 9.47 Å². The van der Waals surface area contributed by atoms with Gasteiger partial charge in [0.05, 0.1) is 6.54 Å². The molecule has 2 amide bonds. The van der Waals surface area contributed by atoms with Crippen LogP contribution in [0.25, 0.3) is 0 Å². The fourth-order valence-electron chi connectivity index (χ4n) is 3.56. The third kappa shape index (κ3) is 2.94. The first-order chi connectivity index (χ1) is 12.1. The van der Waals surface area contributed by atoms with Gasteiger partial charge in [0.2, 0.25) is 12.7 Å². The van der Waals surface area contributed by atoms with Gasteiger partial charge in [0.1, 0.15) is 11.9 Å². The van der Waals surface area contributed by atoms with Crippen molar-refractivity contribution in [3.8, 4) is 11.5 Å². The van der Waals surface area contributed by atoms with Gasteiger partial charge in [-0.2, -0.15) is 0 Å². The van der Waals surface area contributed by atoms with Crippen LogP contribution in [0.5, 0.6) is 11.5 Å². The first-order valence-electron chi connectivity index (χ1n) is 8.47. The van der Waals surface area contributed by atoms with Crippen LogP contribution in [0, 0.1) is 0 Å². The Bertz CT molecular complexity index is 749. The fraction of sp³-hybridized carbons (Fsp3) is 0.444. The molecule has 3 heterocycles. The summed E-state index contributed by atoms with van der Waals surface area (Å²) in [5, 5.41) is 0. The Morgan fingerprint density at radius 3 is 2.84 bits per heavy atom. The van der Waals surface area contributed by atoms with Crippen LogP contribution < -0.4 is 9.47 Å². The average molecular weight is 346 g/mol. The van der Waals surface area contributed by atoms with E-state index in [2.05, 4.69) is 0 Å². The molecule has 25 heavy (non-hydrogen) atoms. The second-order valence-corrected chi connectivity index (χ2v) is 6.42. The van der Waals surface area contributed by atoms with Crippen molar-refractivity contribution in [3.63, 3.8) is 0 Å². The van der Waals surface area contributed by atoms with E-state index in [0.717, 1.165) is 6.42 Å². The first kappa shape index (κ1) is 15.9. The van der Waals surface area contributed by atoms with Crippen LogP contribution >= 0.6 is 0 Å². The summed E-state index contributed by atoms with van der Waals surface area (Å²) in [4.78, 5) is 28.8. The van der Waals surface area contributed by atoms with Crippen molar-refractivity contribution in [2.75, 3.05) is 26.4 Å². The number of benzene rings is 1. The van der Waals surface area contributed by atoms with Gasteiger partial charge in [0.25, 0.3) is 5.91 Å². The number of hydrogen-bond donors (Lipinski definition) is 0. The minimum Gasteiger partial charge on any atom is -0.454 e. The van der Waals surface area contributed by atoms with Gasteiger partial charge in [-0.25, -0.2) is 4.39 Å². The smallest absolute Gasteiger partial charge is 0.254 e. The maximum absolute atomic E-state index is 13.5. The molecule has 0 aliphatic carbocycles. The van der Waals surface area contributed by atoms with Crippen LogP contribution in [0.3, 0.4) is 0 Å². The highest BCUT2D eigenvalue weighted by atomic mass is 19.1. The molecular weight excluding hydrogens is 327 g/mol. The predicted octanol–water partition coefficient (Wildman–Crippen LogP) is 2.11. The topological polar surface area (TPSA) is 59.1 Å². The number of fused-ring (bicyclic) bond motifs is 1. The van der Waals surface area contributed by atoms with Gasteiger partial charge in [-0.3, -0.25) is 9.59 Å². The third-order valence-corrected chi connectivity index (χ3v) is 4.84. The molecule has 132 valence electrons. The Balaban J connectivity index is 1.52. The highest BCUT2D eigenvalue weighted by Crippen LogP contribution is 2.33. The zero-order chi connectivity index (χ0) is 17.4. The zero-order valence-corrected chi connectivity index (χ0v) is 13.7. The van der Waals surface area contributed by atoms with E-state index >= 15 is 0 Å². The van der Waals surface area contributed by atoms with Crippen LogP contribution in [-0.4, -0.2) is 54.1 Å². The second-order valence-electron chi connectivity index (χ2n) is 6.42. The van der Waals surface area contributed by atoms with Crippen LogP contribution in [0.1, 0.15) is 29.6 Å². The molecule has 0 aromatic heterocycles. The quantitative estimate of drug-likeness (QED) is 0.823. The van der Waals surface area contributed by atoms with Gasteiger partial charge < -0.3 is 19.3 Å². The van der Waals surface area contributed by atoms with Crippen molar-refractivity contribution >= 4 is 11.8 Å². The summed E-state index contributed by atoms with van der Waals surface area (Å²) in [6, 6.07) is 4.50. The van der Waals surface area contributed by atoms with E-state index in [1.807, 2.05) is 0 Å². The number of hydrogen-bond acceptors (Lipinski definition) is 4. The molecule has 1 saturated heterocycles. The molecule has 1 atom stereocenters. The van der Waals surface area contributed by atoms with Crippen LogP contribution in [0.2, 0.25) is 0 Å². The van der Waals surface area contributed by atoms with Crippen molar-refractivity contribution in [1.29, 1.82) is 0 Å². The molecule has 1 aromatic rings. The van der Waals surface area contributed by atoms with E-state index in [0.29, 0.717) is 43.0 Å². The van der Waals surface area contributed by atoms with Gasteiger partial charge in [-0.15, -0.1) is 0 Å². The van der Waals surface area contributed by atoms with E-state index in [-0.39, 0.29) is 31.0 Å². The predicted molar refractivity (Wildman–Crippen MR) is 87.0 cm³/mol. The minimum absolute atomic E-state index is 0.00138. The van der Waals surface area contributed by atoms with Gasteiger partial charge in [-0.05, 0) is 43.5 Å². The molecule has 0 saturated carbocycles. The van der Waals surface area contributed by atoms with E-state index in [1.165, 1.54) is 11.0 Å². The first-order valence-corrected chi connectivity index (χ1v) is 8.47. The fourth-order valence-corrected chi connectivity index (χ4v) is 3.56. The average Bonchev–Trinajstić information content (AvgIpc) is 3.29. The van der Waals surface area contributed by atoms with Gasteiger partial charge in [0.15, 0.2) is 11.5 Å². The standard InChI is InChI=1S/C18H19FN2O4/c19-13-3-1-7-20(10-13)18(23)14-4-2-8-21(14)17(22)12-5-6-15-16(9-12)25-11-24-15/h3,5-6,9,14H,1-2,4,7-8,10-11H2/t14-/m0/s1. The van der Waals surface area contributed by atoms with E-state index in [9.17, 15) is 14.0 Å². The van der Waals surface area contributed by atoms with Crippen LogP contribution in [0.15, 0.2) is 30.1 Å². The molecule has 1 aromatic carbocycles. The molecule has 3 aliphatic heterocycles. The monoisotopic (exact) mass is 346 g/mol. The summed E-state index contributed by atoms with van der Waals surface area (Å²) >= 11 is 0. The lowest BCUT2D eigenvalue weighted by atomic mass is 10.1. The Morgan fingerprint density at radius 1 is 1.16 bits per heavy atom. The SMILES string of the molecule is O=C([C@@H]1CCCN1C(=O)c1ccc2c(c1)OCO2)N1CCC=C(F)C1. The Labute approximate surface area is 144 Å². The maximum Gasteiger partial charge on any atom is 0.254 e. The summed E-state index contributed by atoms with van der Waals surface area (Å²) < 4.78 is 24.1. The number of halogens is 1.